The van der Waals surface area contributed by atoms with Crippen LogP contribution in [-0.2, 0) is 6.42 Å². The van der Waals surface area contributed by atoms with Crippen molar-refractivity contribution in [1.29, 1.82) is 0 Å². The second-order valence-corrected chi connectivity index (χ2v) is 4.03. The molecule has 0 atom stereocenters. The van der Waals surface area contributed by atoms with Gasteiger partial charge in [-0.3, -0.25) is 0 Å². The van der Waals surface area contributed by atoms with Crippen LogP contribution in [0.3, 0.4) is 0 Å². The first kappa shape index (κ1) is 9.60. The number of rotatable bonds is 2. The zero-order valence-corrected chi connectivity index (χ0v) is 8.65. The van der Waals surface area contributed by atoms with Gasteiger partial charge in [0.15, 0.2) is 0 Å². The molecule has 66 valence electrons. The molecule has 0 aliphatic heterocycles. The van der Waals surface area contributed by atoms with Crippen LogP contribution in [0.4, 0.5) is 0 Å². The molecule has 0 bridgehead atoms. The number of halogens is 1. The van der Waals surface area contributed by atoms with Crippen LogP contribution in [0.5, 0.6) is 0 Å². The summed E-state index contributed by atoms with van der Waals surface area (Å²) in [4.78, 5) is 0. The van der Waals surface area contributed by atoms with E-state index in [0.29, 0.717) is 5.92 Å². The first-order valence-electron chi connectivity index (χ1n) is 4.35. The molecule has 0 spiro atoms. The first-order valence-corrected chi connectivity index (χ1v) is 4.73. The Morgan fingerprint density at radius 3 is 2.58 bits per heavy atom. The highest BCUT2D eigenvalue weighted by molar-refractivity contribution is 6.31. The van der Waals surface area contributed by atoms with E-state index in [1.165, 1.54) is 11.1 Å². The molecule has 1 rings (SSSR count). The molecule has 0 nitrogen and oxygen atoms in total. The highest BCUT2D eigenvalue weighted by atomic mass is 35.5. The lowest BCUT2D eigenvalue weighted by Gasteiger charge is -2.09. The van der Waals surface area contributed by atoms with Crippen LogP contribution in [0.25, 0.3) is 0 Å². The van der Waals surface area contributed by atoms with Gasteiger partial charge in [-0.15, -0.1) is 0 Å². The fraction of sp³-hybridized carbons (Fsp3) is 0.455. The third-order valence-electron chi connectivity index (χ3n) is 2.01. The molecule has 0 amide bonds. The average Bonchev–Trinajstić information content (AvgIpc) is 1.98. The fourth-order valence-electron chi connectivity index (χ4n) is 1.31. The van der Waals surface area contributed by atoms with Crippen LogP contribution in [0.1, 0.15) is 25.0 Å². The second kappa shape index (κ2) is 3.95. The van der Waals surface area contributed by atoms with E-state index in [2.05, 4.69) is 26.8 Å². The Bertz CT molecular complexity index is 264. The zero-order chi connectivity index (χ0) is 9.14. The molecule has 0 fully saturated rings. The van der Waals surface area contributed by atoms with Gasteiger partial charge in [0, 0.05) is 5.02 Å². The highest BCUT2D eigenvalue weighted by Crippen LogP contribution is 2.20. The minimum Gasteiger partial charge on any atom is -0.0840 e. The van der Waals surface area contributed by atoms with Gasteiger partial charge in [0.25, 0.3) is 0 Å². The van der Waals surface area contributed by atoms with Crippen molar-refractivity contribution in [2.45, 2.75) is 27.2 Å². The summed E-state index contributed by atoms with van der Waals surface area (Å²) in [6.07, 6.45) is 1.12. The molecule has 12 heavy (non-hydrogen) atoms. The first-order chi connectivity index (χ1) is 5.61. The van der Waals surface area contributed by atoms with E-state index in [1.54, 1.807) is 0 Å². The van der Waals surface area contributed by atoms with Crippen molar-refractivity contribution in [3.8, 4) is 0 Å². The summed E-state index contributed by atoms with van der Waals surface area (Å²) in [6.45, 7) is 6.53. The minimum atomic E-state index is 0.696. The van der Waals surface area contributed by atoms with Gasteiger partial charge in [-0.25, -0.2) is 0 Å². The largest absolute Gasteiger partial charge is 0.0840 e. The van der Waals surface area contributed by atoms with Gasteiger partial charge < -0.3 is 0 Å². The Morgan fingerprint density at radius 2 is 2.00 bits per heavy atom. The lowest BCUT2D eigenvalue weighted by molar-refractivity contribution is 0.645. The van der Waals surface area contributed by atoms with Crippen LogP contribution in [0, 0.1) is 12.8 Å². The number of benzene rings is 1. The molecule has 1 heteroatoms. The average molecular weight is 183 g/mol. The Balaban J connectivity index is 2.92. The van der Waals surface area contributed by atoms with E-state index in [4.69, 9.17) is 11.6 Å². The lowest BCUT2D eigenvalue weighted by Crippen LogP contribution is -1.96. The van der Waals surface area contributed by atoms with Crippen LogP contribution in [0.2, 0.25) is 5.02 Å². The maximum atomic E-state index is 6.00. The molecule has 0 saturated carbocycles. The Labute approximate surface area is 79.6 Å². The quantitative estimate of drug-likeness (QED) is 0.652. The summed E-state index contributed by atoms with van der Waals surface area (Å²) in [5.74, 6) is 0.696. The maximum Gasteiger partial charge on any atom is 0.0437 e. The smallest absolute Gasteiger partial charge is 0.0437 e. The molecular formula is C11H15Cl. The summed E-state index contributed by atoms with van der Waals surface area (Å²) < 4.78 is 0. The molecule has 0 aromatic heterocycles. The predicted molar refractivity (Wildman–Crippen MR) is 54.7 cm³/mol. The summed E-state index contributed by atoms with van der Waals surface area (Å²) in [5.41, 5.74) is 2.60. The van der Waals surface area contributed by atoms with E-state index in [1.807, 2.05) is 12.1 Å². The predicted octanol–water partition coefficient (Wildman–Crippen LogP) is 3.85. The Morgan fingerprint density at radius 1 is 1.33 bits per heavy atom. The molecule has 0 N–H and O–H groups in total. The maximum absolute atomic E-state index is 6.00. The summed E-state index contributed by atoms with van der Waals surface area (Å²) in [7, 11) is 0. The van der Waals surface area contributed by atoms with Crippen molar-refractivity contribution in [2.75, 3.05) is 0 Å². The van der Waals surface area contributed by atoms with E-state index < -0.39 is 0 Å². The van der Waals surface area contributed by atoms with E-state index >= 15 is 0 Å². The van der Waals surface area contributed by atoms with E-state index in [9.17, 15) is 0 Å². The summed E-state index contributed by atoms with van der Waals surface area (Å²) in [6, 6.07) is 6.12. The number of hydrogen-bond donors (Lipinski definition) is 0. The van der Waals surface area contributed by atoms with Gasteiger partial charge in [-0.1, -0.05) is 37.6 Å². The van der Waals surface area contributed by atoms with Crippen molar-refractivity contribution in [3.63, 3.8) is 0 Å². The summed E-state index contributed by atoms with van der Waals surface area (Å²) >= 11 is 6.00. The fourth-order valence-corrected chi connectivity index (χ4v) is 1.51. The molecule has 0 radical (unpaired) electrons. The number of hydrogen-bond acceptors (Lipinski definition) is 0. The molecule has 0 saturated heterocycles. The van der Waals surface area contributed by atoms with Crippen molar-refractivity contribution in [2.24, 2.45) is 5.92 Å². The molecule has 0 aliphatic rings. The monoisotopic (exact) mass is 182 g/mol. The van der Waals surface area contributed by atoms with E-state index in [-0.39, 0.29) is 0 Å². The Kier molecular flexibility index (Phi) is 3.16. The zero-order valence-electron chi connectivity index (χ0n) is 7.89. The van der Waals surface area contributed by atoms with Crippen LogP contribution < -0.4 is 0 Å². The van der Waals surface area contributed by atoms with Crippen molar-refractivity contribution >= 4 is 11.6 Å². The normalized spacial score (nSPS) is 10.8. The Hall–Kier alpha value is -0.490. The summed E-state index contributed by atoms with van der Waals surface area (Å²) in [5, 5.41) is 0.883. The van der Waals surface area contributed by atoms with Gasteiger partial charge in [-0.05, 0) is 36.5 Å². The van der Waals surface area contributed by atoms with Crippen LogP contribution in [0.15, 0.2) is 18.2 Å². The van der Waals surface area contributed by atoms with Gasteiger partial charge in [0.2, 0.25) is 0 Å². The molecule has 0 unspecified atom stereocenters. The van der Waals surface area contributed by atoms with E-state index in [0.717, 1.165) is 11.4 Å². The van der Waals surface area contributed by atoms with Crippen molar-refractivity contribution in [1.82, 2.24) is 0 Å². The molecule has 0 heterocycles. The van der Waals surface area contributed by atoms with Gasteiger partial charge in [-0.2, -0.15) is 0 Å². The van der Waals surface area contributed by atoms with Crippen molar-refractivity contribution < 1.29 is 0 Å². The highest BCUT2D eigenvalue weighted by Gasteiger charge is 2.03. The molecule has 1 aromatic rings. The lowest BCUT2D eigenvalue weighted by atomic mass is 9.99. The standard InChI is InChI=1S/C11H15Cl/c1-8(2)7-10-5-4-6-11(12)9(10)3/h4-6,8H,7H2,1-3H3. The SMILES string of the molecule is Cc1c(Cl)cccc1CC(C)C. The third kappa shape index (κ3) is 2.25. The van der Waals surface area contributed by atoms with Gasteiger partial charge >= 0.3 is 0 Å². The van der Waals surface area contributed by atoms with Gasteiger partial charge in [0.05, 0.1) is 0 Å². The third-order valence-corrected chi connectivity index (χ3v) is 2.42. The van der Waals surface area contributed by atoms with Gasteiger partial charge in [0.1, 0.15) is 0 Å². The topological polar surface area (TPSA) is 0 Å². The van der Waals surface area contributed by atoms with Crippen molar-refractivity contribution in [3.05, 3.63) is 34.3 Å². The van der Waals surface area contributed by atoms with Crippen LogP contribution >= 0.6 is 11.6 Å². The minimum absolute atomic E-state index is 0.696. The molecular weight excluding hydrogens is 168 g/mol. The van der Waals surface area contributed by atoms with Crippen LogP contribution in [-0.4, -0.2) is 0 Å². The molecule has 1 aromatic carbocycles. The second-order valence-electron chi connectivity index (χ2n) is 3.62. The molecule has 0 aliphatic carbocycles.